The lowest BCUT2D eigenvalue weighted by Crippen LogP contribution is -2.34. The lowest BCUT2D eigenvalue weighted by Gasteiger charge is -2.29. The summed E-state index contributed by atoms with van der Waals surface area (Å²) in [5.41, 5.74) is 4.15. The van der Waals surface area contributed by atoms with Crippen molar-refractivity contribution < 1.29 is 9.59 Å². The van der Waals surface area contributed by atoms with Gasteiger partial charge in [0.05, 0.1) is 6.04 Å². The number of carbonyl (C=O) groups excluding carboxylic acids is 2. The van der Waals surface area contributed by atoms with Gasteiger partial charge in [-0.1, -0.05) is 42.5 Å². The van der Waals surface area contributed by atoms with Crippen LogP contribution in [0, 0.1) is 0 Å². The van der Waals surface area contributed by atoms with Gasteiger partial charge in [-0.25, -0.2) is 0 Å². The van der Waals surface area contributed by atoms with E-state index in [0.29, 0.717) is 0 Å². The predicted molar refractivity (Wildman–Crippen MR) is 105 cm³/mol. The van der Waals surface area contributed by atoms with Gasteiger partial charge in [0, 0.05) is 25.2 Å². The van der Waals surface area contributed by atoms with E-state index in [1.54, 1.807) is 19.1 Å². The summed E-state index contributed by atoms with van der Waals surface area (Å²) in [5, 5.41) is 2.99. The second-order valence-electron chi connectivity index (χ2n) is 6.64. The van der Waals surface area contributed by atoms with Gasteiger partial charge in [-0.05, 0) is 48.6 Å². The Bertz CT molecular complexity index is 827. The van der Waals surface area contributed by atoms with Gasteiger partial charge in [-0.2, -0.15) is 0 Å². The van der Waals surface area contributed by atoms with E-state index < -0.39 is 0 Å². The Morgan fingerprint density at radius 2 is 1.92 bits per heavy atom. The van der Waals surface area contributed by atoms with Gasteiger partial charge in [0.15, 0.2) is 0 Å². The highest BCUT2D eigenvalue weighted by atomic mass is 16.2. The van der Waals surface area contributed by atoms with Crippen LogP contribution >= 0.6 is 0 Å². The molecule has 1 atom stereocenters. The van der Waals surface area contributed by atoms with Crippen LogP contribution in [0.1, 0.15) is 43.0 Å². The number of rotatable bonds is 4. The molecule has 26 heavy (non-hydrogen) atoms. The number of carbonyl (C=O) groups is 2. The third kappa shape index (κ3) is 4.20. The number of aryl methyl sites for hydroxylation is 1. The molecular formula is C22H24N2O2. The van der Waals surface area contributed by atoms with E-state index in [2.05, 4.69) is 11.4 Å². The Kier molecular flexibility index (Phi) is 5.52. The van der Waals surface area contributed by atoms with Crippen molar-refractivity contribution in [2.24, 2.45) is 0 Å². The van der Waals surface area contributed by atoms with Crippen LogP contribution in [0.4, 0.5) is 5.69 Å². The fourth-order valence-electron chi connectivity index (χ4n) is 3.27. The summed E-state index contributed by atoms with van der Waals surface area (Å²) < 4.78 is 0. The minimum absolute atomic E-state index is 0.0607. The average molecular weight is 348 g/mol. The number of amides is 2. The zero-order valence-corrected chi connectivity index (χ0v) is 15.2. The van der Waals surface area contributed by atoms with E-state index in [9.17, 15) is 9.59 Å². The van der Waals surface area contributed by atoms with Crippen molar-refractivity contribution in [3.05, 3.63) is 71.3 Å². The Balaban J connectivity index is 1.71. The molecule has 2 amide bonds. The highest BCUT2D eigenvalue weighted by Crippen LogP contribution is 2.30. The van der Waals surface area contributed by atoms with Gasteiger partial charge < -0.3 is 10.2 Å². The molecule has 0 saturated heterocycles. The molecular weight excluding hydrogens is 324 g/mol. The van der Waals surface area contributed by atoms with Crippen molar-refractivity contribution >= 4 is 23.6 Å². The monoisotopic (exact) mass is 348 g/mol. The molecule has 2 aromatic carbocycles. The summed E-state index contributed by atoms with van der Waals surface area (Å²) in [6, 6.07) is 15.7. The standard InChI is InChI=1S/C22H24N2O2/c1-16(23-22(26)13-10-18-7-4-3-5-8-18)20-12-11-19-9-6-14-24(17(2)25)21(19)15-20/h3-5,7-8,10-13,15-16H,6,9,14H2,1-2H3,(H,23,26). The van der Waals surface area contributed by atoms with E-state index in [4.69, 9.17) is 0 Å². The van der Waals surface area contributed by atoms with Gasteiger partial charge in [0.2, 0.25) is 11.8 Å². The number of fused-ring (bicyclic) bond motifs is 1. The summed E-state index contributed by atoms with van der Waals surface area (Å²) in [4.78, 5) is 25.9. The summed E-state index contributed by atoms with van der Waals surface area (Å²) >= 11 is 0. The quantitative estimate of drug-likeness (QED) is 0.853. The number of hydrogen-bond donors (Lipinski definition) is 1. The van der Waals surface area contributed by atoms with Crippen molar-refractivity contribution in [2.45, 2.75) is 32.7 Å². The van der Waals surface area contributed by atoms with E-state index in [0.717, 1.165) is 36.2 Å². The maximum absolute atomic E-state index is 12.2. The summed E-state index contributed by atoms with van der Waals surface area (Å²) in [7, 11) is 0. The van der Waals surface area contributed by atoms with Crippen molar-refractivity contribution in [1.29, 1.82) is 0 Å². The molecule has 0 spiro atoms. The first-order chi connectivity index (χ1) is 12.5. The zero-order valence-electron chi connectivity index (χ0n) is 15.2. The van der Waals surface area contributed by atoms with Crippen molar-refractivity contribution in [1.82, 2.24) is 5.32 Å². The average Bonchev–Trinajstić information content (AvgIpc) is 2.66. The largest absolute Gasteiger partial charge is 0.346 e. The third-order valence-corrected chi connectivity index (χ3v) is 4.69. The normalized spacial score (nSPS) is 14.8. The molecule has 1 heterocycles. The Hall–Kier alpha value is -2.88. The molecule has 4 nitrogen and oxygen atoms in total. The van der Waals surface area contributed by atoms with Crippen molar-refractivity contribution in [3.63, 3.8) is 0 Å². The molecule has 0 saturated carbocycles. The fourth-order valence-corrected chi connectivity index (χ4v) is 3.27. The molecule has 1 aliphatic heterocycles. The lowest BCUT2D eigenvalue weighted by molar-refractivity contribution is -0.117. The second kappa shape index (κ2) is 8.00. The molecule has 0 aromatic heterocycles. The number of nitrogens with zero attached hydrogens (tertiary/aromatic N) is 1. The first kappa shape index (κ1) is 17.9. The topological polar surface area (TPSA) is 49.4 Å². The molecule has 1 N–H and O–H groups in total. The molecule has 0 fully saturated rings. The first-order valence-electron chi connectivity index (χ1n) is 8.99. The van der Waals surface area contributed by atoms with E-state index in [1.165, 1.54) is 5.56 Å². The van der Waals surface area contributed by atoms with Gasteiger partial charge in [-0.15, -0.1) is 0 Å². The highest BCUT2D eigenvalue weighted by molar-refractivity contribution is 5.93. The third-order valence-electron chi connectivity index (χ3n) is 4.69. The fraction of sp³-hybridized carbons (Fsp3) is 0.273. The van der Waals surface area contributed by atoms with Crippen LogP contribution in [0.15, 0.2) is 54.6 Å². The van der Waals surface area contributed by atoms with Crippen LogP contribution in [0.5, 0.6) is 0 Å². The maximum Gasteiger partial charge on any atom is 0.244 e. The van der Waals surface area contributed by atoms with Crippen LogP contribution < -0.4 is 10.2 Å². The van der Waals surface area contributed by atoms with Crippen molar-refractivity contribution in [2.75, 3.05) is 11.4 Å². The predicted octanol–water partition coefficient (Wildman–Crippen LogP) is 3.88. The first-order valence-corrected chi connectivity index (χ1v) is 8.99. The SMILES string of the molecule is CC(=O)N1CCCc2ccc(C(C)NC(=O)C=Cc3ccccc3)cc21. The molecule has 134 valence electrons. The highest BCUT2D eigenvalue weighted by Gasteiger charge is 2.21. The minimum atomic E-state index is -0.137. The van der Waals surface area contributed by atoms with Crippen LogP contribution in [0.2, 0.25) is 0 Å². The molecule has 0 aliphatic carbocycles. The van der Waals surface area contributed by atoms with Gasteiger partial charge in [0.25, 0.3) is 0 Å². The van der Waals surface area contributed by atoms with E-state index in [-0.39, 0.29) is 17.9 Å². The van der Waals surface area contributed by atoms with Crippen LogP contribution in [0.3, 0.4) is 0 Å². The number of benzene rings is 2. The van der Waals surface area contributed by atoms with Crippen LogP contribution in [-0.4, -0.2) is 18.4 Å². The Morgan fingerprint density at radius 3 is 2.65 bits per heavy atom. The van der Waals surface area contributed by atoms with Crippen molar-refractivity contribution in [3.8, 4) is 0 Å². The zero-order chi connectivity index (χ0) is 18.5. The number of hydrogen-bond acceptors (Lipinski definition) is 2. The molecule has 0 bridgehead atoms. The molecule has 2 aromatic rings. The second-order valence-corrected chi connectivity index (χ2v) is 6.64. The number of nitrogens with one attached hydrogen (secondary N) is 1. The molecule has 1 aliphatic rings. The summed E-state index contributed by atoms with van der Waals surface area (Å²) in [5.74, 6) is -0.0759. The smallest absolute Gasteiger partial charge is 0.244 e. The van der Waals surface area contributed by atoms with Gasteiger partial charge >= 0.3 is 0 Å². The summed E-state index contributed by atoms with van der Waals surface area (Å²) in [6.45, 7) is 4.31. The van der Waals surface area contributed by atoms with E-state index >= 15 is 0 Å². The van der Waals surface area contributed by atoms with Crippen LogP contribution in [-0.2, 0) is 16.0 Å². The molecule has 3 rings (SSSR count). The maximum atomic E-state index is 12.2. The Labute approximate surface area is 154 Å². The van der Waals surface area contributed by atoms with Gasteiger partial charge in [-0.3, -0.25) is 9.59 Å². The number of anilines is 1. The summed E-state index contributed by atoms with van der Waals surface area (Å²) in [6.07, 6.45) is 5.32. The molecule has 4 heteroatoms. The van der Waals surface area contributed by atoms with Gasteiger partial charge in [0.1, 0.15) is 0 Å². The van der Waals surface area contributed by atoms with Crippen LogP contribution in [0.25, 0.3) is 6.08 Å². The Morgan fingerprint density at radius 1 is 1.15 bits per heavy atom. The minimum Gasteiger partial charge on any atom is -0.346 e. The van der Waals surface area contributed by atoms with E-state index in [1.807, 2.05) is 54.3 Å². The molecule has 0 radical (unpaired) electrons. The molecule has 1 unspecified atom stereocenters. The lowest BCUT2D eigenvalue weighted by atomic mass is 9.97.